The van der Waals surface area contributed by atoms with Gasteiger partial charge < -0.3 is 9.97 Å². The van der Waals surface area contributed by atoms with E-state index in [4.69, 9.17) is 11.6 Å². The number of Topliss-reactive ketones (excluding diaryl/α,β-unsaturated/α-hetero) is 2. The molecule has 0 aliphatic rings. The van der Waals surface area contributed by atoms with Crippen molar-refractivity contribution in [2.45, 2.75) is 38.1 Å². The molecule has 2 N–H and O–H groups in total. The van der Waals surface area contributed by atoms with Gasteiger partial charge in [0.2, 0.25) is 0 Å². The number of nitrogens with one attached hydrogen (secondary N) is 2. The Morgan fingerprint density at radius 2 is 2.00 bits per heavy atom. The highest BCUT2D eigenvalue weighted by Gasteiger charge is 2.25. The first kappa shape index (κ1) is 17.7. The van der Waals surface area contributed by atoms with Crippen LogP contribution in [-0.4, -0.2) is 36.8 Å². The standard InChI is InChI=1S/C17H17ClN4O2S/c1-7-13(9(3)23)8(2)20-14(7)15(24)10(4)25-17-21-12-5-11(18)6-19-16(12)22-17/h5-6,10,20H,1-4H3,(H,19,21,22)/t10-/m1/s1. The molecule has 0 unspecified atom stereocenters. The maximum atomic E-state index is 12.8. The summed E-state index contributed by atoms with van der Waals surface area (Å²) in [5, 5.41) is 0.733. The van der Waals surface area contributed by atoms with Gasteiger partial charge in [-0.2, -0.15) is 0 Å². The van der Waals surface area contributed by atoms with E-state index in [1.165, 1.54) is 24.9 Å². The minimum atomic E-state index is -0.382. The second-order valence-corrected chi connectivity index (χ2v) is 7.64. The summed E-state index contributed by atoms with van der Waals surface area (Å²) >= 11 is 7.23. The van der Waals surface area contributed by atoms with Crippen molar-refractivity contribution in [1.82, 2.24) is 19.9 Å². The molecule has 3 rings (SSSR count). The number of hydrogen-bond acceptors (Lipinski definition) is 5. The number of pyridine rings is 1. The molecule has 0 spiro atoms. The van der Waals surface area contributed by atoms with Crippen LogP contribution in [0.1, 0.15) is 46.0 Å². The first-order valence-corrected chi connectivity index (χ1v) is 8.96. The number of carbonyl (C=O) groups is 2. The van der Waals surface area contributed by atoms with E-state index in [1.54, 1.807) is 19.9 Å². The zero-order valence-electron chi connectivity index (χ0n) is 14.2. The Bertz CT molecular complexity index is 992. The molecule has 3 heterocycles. The van der Waals surface area contributed by atoms with E-state index in [2.05, 4.69) is 19.9 Å². The highest BCUT2D eigenvalue weighted by Crippen LogP contribution is 2.28. The van der Waals surface area contributed by atoms with E-state index in [9.17, 15) is 9.59 Å². The smallest absolute Gasteiger partial charge is 0.192 e. The molecular formula is C17H17ClN4O2S. The fraction of sp³-hybridized carbons (Fsp3) is 0.294. The number of ketones is 2. The third kappa shape index (κ3) is 3.34. The van der Waals surface area contributed by atoms with Gasteiger partial charge in [0.05, 0.1) is 21.5 Å². The average Bonchev–Trinajstić information content (AvgIpc) is 3.05. The number of carbonyl (C=O) groups excluding carboxylic acids is 2. The van der Waals surface area contributed by atoms with Crippen molar-refractivity contribution in [1.29, 1.82) is 0 Å². The number of hydrogen-bond donors (Lipinski definition) is 2. The summed E-state index contributed by atoms with van der Waals surface area (Å²) in [4.78, 5) is 39.2. The van der Waals surface area contributed by atoms with Crippen LogP contribution < -0.4 is 0 Å². The summed E-state index contributed by atoms with van der Waals surface area (Å²) in [6.07, 6.45) is 1.53. The van der Waals surface area contributed by atoms with Crippen LogP contribution in [0.25, 0.3) is 11.2 Å². The summed E-state index contributed by atoms with van der Waals surface area (Å²) in [5.41, 5.74) is 3.74. The molecule has 6 nitrogen and oxygen atoms in total. The van der Waals surface area contributed by atoms with Crippen LogP contribution >= 0.6 is 23.4 Å². The first-order valence-electron chi connectivity index (χ1n) is 7.70. The van der Waals surface area contributed by atoms with Gasteiger partial charge in [0.25, 0.3) is 0 Å². The Labute approximate surface area is 153 Å². The summed E-state index contributed by atoms with van der Waals surface area (Å²) in [7, 11) is 0. The van der Waals surface area contributed by atoms with Crippen molar-refractivity contribution in [3.63, 3.8) is 0 Å². The van der Waals surface area contributed by atoms with Gasteiger partial charge in [-0.25, -0.2) is 9.97 Å². The molecule has 0 fully saturated rings. The molecule has 0 aliphatic heterocycles. The fourth-order valence-corrected chi connectivity index (χ4v) is 3.88. The third-order valence-corrected chi connectivity index (χ3v) is 5.17. The van der Waals surface area contributed by atoms with E-state index < -0.39 is 0 Å². The van der Waals surface area contributed by atoms with Crippen LogP contribution in [0.5, 0.6) is 0 Å². The van der Waals surface area contributed by atoms with Gasteiger partial charge >= 0.3 is 0 Å². The maximum absolute atomic E-state index is 12.8. The van der Waals surface area contributed by atoms with Crippen molar-refractivity contribution >= 4 is 46.1 Å². The Hall–Kier alpha value is -2.12. The van der Waals surface area contributed by atoms with Gasteiger partial charge in [0.1, 0.15) is 0 Å². The molecule has 130 valence electrons. The lowest BCUT2D eigenvalue weighted by molar-refractivity contribution is 0.0988. The van der Waals surface area contributed by atoms with Gasteiger partial charge in [-0.3, -0.25) is 9.59 Å². The second kappa shape index (κ2) is 6.65. The lowest BCUT2D eigenvalue weighted by Gasteiger charge is -2.08. The fourth-order valence-electron chi connectivity index (χ4n) is 2.86. The first-order chi connectivity index (χ1) is 11.8. The lowest BCUT2D eigenvalue weighted by atomic mass is 10.0. The molecule has 3 aromatic rings. The van der Waals surface area contributed by atoms with Crippen molar-refractivity contribution in [3.05, 3.63) is 39.8 Å². The predicted molar refractivity (Wildman–Crippen MR) is 98.8 cm³/mol. The zero-order chi connectivity index (χ0) is 18.3. The predicted octanol–water partition coefficient (Wildman–Crippen LogP) is 4.12. The van der Waals surface area contributed by atoms with Gasteiger partial charge in [-0.05, 0) is 39.3 Å². The molecule has 8 heteroatoms. The highest BCUT2D eigenvalue weighted by atomic mass is 35.5. The number of halogens is 1. The Morgan fingerprint density at radius 1 is 1.28 bits per heavy atom. The van der Waals surface area contributed by atoms with E-state index in [1.807, 2.05) is 6.92 Å². The third-order valence-electron chi connectivity index (χ3n) is 3.98. The number of thioether (sulfide) groups is 1. The minimum absolute atomic E-state index is 0.0501. The van der Waals surface area contributed by atoms with Gasteiger partial charge in [0.15, 0.2) is 22.4 Å². The van der Waals surface area contributed by atoms with Crippen LogP contribution in [0.15, 0.2) is 17.4 Å². The van der Waals surface area contributed by atoms with Crippen LogP contribution in [0.2, 0.25) is 5.02 Å². The quantitative estimate of drug-likeness (QED) is 0.516. The van der Waals surface area contributed by atoms with Crippen molar-refractivity contribution in [2.75, 3.05) is 0 Å². The van der Waals surface area contributed by atoms with Gasteiger partial charge in [-0.15, -0.1) is 0 Å². The molecular weight excluding hydrogens is 360 g/mol. The highest BCUT2D eigenvalue weighted by molar-refractivity contribution is 8.00. The molecule has 3 aromatic heterocycles. The molecule has 0 radical (unpaired) electrons. The number of aromatic amines is 2. The number of aromatic nitrogens is 4. The van der Waals surface area contributed by atoms with E-state index in [0.29, 0.717) is 38.3 Å². The lowest BCUT2D eigenvalue weighted by Crippen LogP contribution is -2.15. The van der Waals surface area contributed by atoms with Crippen LogP contribution in [0, 0.1) is 13.8 Å². The minimum Gasteiger partial charge on any atom is -0.355 e. The van der Waals surface area contributed by atoms with Crippen molar-refractivity contribution in [3.8, 4) is 0 Å². The summed E-state index contributed by atoms with van der Waals surface area (Å²) in [5.74, 6) is -0.129. The van der Waals surface area contributed by atoms with E-state index in [0.717, 1.165) is 5.52 Å². The monoisotopic (exact) mass is 376 g/mol. The number of H-pyrrole nitrogens is 2. The summed E-state index contributed by atoms with van der Waals surface area (Å²) in [6, 6.07) is 1.74. The number of imidazole rings is 1. The summed E-state index contributed by atoms with van der Waals surface area (Å²) < 4.78 is 0. The largest absolute Gasteiger partial charge is 0.355 e. The second-order valence-electron chi connectivity index (χ2n) is 5.87. The molecule has 0 amide bonds. The number of fused-ring (bicyclic) bond motifs is 1. The normalized spacial score (nSPS) is 12.5. The number of aryl methyl sites for hydroxylation is 1. The molecule has 1 atom stereocenters. The molecule has 0 saturated carbocycles. The zero-order valence-corrected chi connectivity index (χ0v) is 15.8. The Kier molecular flexibility index (Phi) is 4.71. The molecule has 0 aliphatic carbocycles. The molecule has 0 bridgehead atoms. The Balaban J connectivity index is 1.85. The Morgan fingerprint density at radius 3 is 2.64 bits per heavy atom. The molecule has 25 heavy (non-hydrogen) atoms. The average molecular weight is 377 g/mol. The topological polar surface area (TPSA) is 91.5 Å². The molecule has 0 aromatic carbocycles. The van der Waals surface area contributed by atoms with Crippen LogP contribution in [0.3, 0.4) is 0 Å². The maximum Gasteiger partial charge on any atom is 0.192 e. The van der Waals surface area contributed by atoms with Crippen LogP contribution in [0.4, 0.5) is 0 Å². The van der Waals surface area contributed by atoms with E-state index >= 15 is 0 Å². The van der Waals surface area contributed by atoms with Crippen molar-refractivity contribution < 1.29 is 9.59 Å². The van der Waals surface area contributed by atoms with E-state index in [-0.39, 0.29) is 16.8 Å². The van der Waals surface area contributed by atoms with Gasteiger partial charge in [0, 0.05) is 17.5 Å². The van der Waals surface area contributed by atoms with Crippen LogP contribution in [-0.2, 0) is 0 Å². The van der Waals surface area contributed by atoms with Gasteiger partial charge in [-0.1, -0.05) is 23.4 Å². The summed E-state index contributed by atoms with van der Waals surface area (Å²) in [6.45, 7) is 6.90. The molecule has 0 saturated heterocycles. The SMILES string of the molecule is CC(=O)c1c(C)[nH]c(C(=O)[C@@H](C)Sc2nc3ncc(Cl)cc3[nH]2)c1C. The number of nitrogens with zero attached hydrogens (tertiary/aromatic N) is 2. The number of rotatable bonds is 5. The van der Waals surface area contributed by atoms with Crippen molar-refractivity contribution in [2.24, 2.45) is 0 Å².